The summed E-state index contributed by atoms with van der Waals surface area (Å²) in [5.41, 5.74) is -0.427. The lowest BCUT2D eigenvalue weighted by Gasteiger charge is -2.33. The first kappa shape index (κ1) is 21.9. The summed E-state index contributed by atoms with van der Waals surface area (Å²) in [6, 6.07) is 0. The van der Waals surface area contributed by atoms with Crippen LogP contribution in [0.3, 0.4) is 0 Å². The monoisotopic (exact) mass is 372 g/mol. The fraction of sp³-hybridized carbons (Fsp3) is 0.889. The van der Waals surface area contributed by atoms with E-state index in [4.69, 9.17) is 4.74 Å². The molecular formula is C18H36N4O2S. The fourth-order valence-electron chi connectivity index (χ4n) is 2.69. The van der Waals surface area contributed by atoms with Gasteiger partial charge >= 0.3 is 6.09 Å². The van der Waals surface area contributed by atoms with Crippen molar-refractivity contribution >= 4 is 23.8 Å². The Morgan fingerprint density at radius 2 is 1.92 bits per heavy atom. The average Bonchev–Trinajstić information content (AvgIpc) is 2.56. The van der Waals surface area contributed by atoms with Crippen molar-refractivity contribution in [1.29, 1.82) is 0 Å². The van der Waals surface area contributed by atoms with E-state index < -0.39 is 5.60 Å². The maximum Gasteiger partial charge on any atom is 0.410 e. The summed E-state index contributed by atoms with van der Waals surface area (Å²) in [6.45, 7) is 9.09. The van der Waals surface area contributed by atoms with Crippen LogP contribution in [0.4, 0.5) is 4.79 Å². The highest BCUT2D eigenvalue weighted by molar-refractivity contribution is 7.98. The lowest BCUT2D eigenvalue weighted by Crippen LogP contribution is -2.45. The van der Waals surface area contributed by atoms with E-state index in [-0.39, 0.29) is 6.09 Å². The largest absolute Gasteiger partial charge is 0.444 e. The number of hydrogen-bond acceptors (Lipinski definition) is 4. The van der Waals surface area contributed by atoms with Crippen molar-refractivity contribution in [3.8, 4) is 0 Å². The molecule has 0 radical (unpaired) electrons. The first-order valence-corrected chi connectivity index (χ1v) is 10.7. The molecule has 0 aromatic rings. The zero-order chi connectivity index (χ0) is 18.7. The molecule has 146 valence electrons. The predicted octanol–water partition coefficient (Wildman–Crippen LogP) is 2.94. The number of amides is 1. The number of piperidine rings is 1. The van der Waals surface area contributed by atoms with Crippen LogP contribution < -0.4 is 10.6 Å². The molecule has 1 heterocycles. The van der Waals surface area contributed by atoms with Crippen LogP contribution in [0.5, 0.6) is 0 Å². The summed E-state index contributed by atoms with van der Waals surface area (Å²) >= 11 is 1.89. The quantitative estimate of drug-likeness (QED) is 0.409. The van der Waals surface area contributed by atoms with E-state index in [1.807, 2.05) is 44.5 Å². The van der Waals surface area contributed by atoms with E-state index in [0.29, 0.717) is 5.92 Å². The van der Waals surface area contributed by atoms with Crippen LogP contribution in [0.15, 0.2) is 4.99 Å². The summed E-state index contributed by atoms with van der Waals surface area (Å²) in [7, 11) is 1.81. The summed E-state index contributed by atoms with van der Waals surface area (Å²) < 4.78 is 5.44. The van der Waals surface area contributed by atoms with E-state index in [1.54, 1.807) is 0 Å². The Labute approximate surface area is 157 Å². The number of aliphatic imine (C=N–C) groups is 1. The third-order valence-corrected chi connectivity index (χ3v) is 4.81. The molecule has 6 nitrogen and oxygen atoms in total. The number of thioether (sulfide) groups is 1. The molecule has 0 unspecified atom stereocenters. The molecule has 0 bridgehead atoms. The van der Waals surface area contributed by atoms with Gasteiger partial charge in [0, 0.05) is 33.2 Å². The van der Waals surface area contributed by atoms with Gasteiger partial charge in [-0.05, 0) is 64.4 Å². The molecule has 0 aromatic heterocycles. The van der Waals surface area contributed by atoms with Crippen LogP contribution in [-0.4, -0.2) is 67.8 Å². The molecule has 0 atom stereocenters. The van der Waals surface area contributed by atoms with E-state index in [9.17, 15) is 4.79 Å². The van der Waals surface area contributed by atoms with Crippen molar-refractivity contribution < 1.29 is 9.53 Å². The number of guanidine groups is 1. The van der Waals surface area contributed by atoms with Crippen molar-refractivity contribution in [3.63, 3.8) is 0 Å². The summed E-state index contributed by atoms with van der Waals surface area (Å²) in [5.74, 6) is 2.65. The minimum absolute atomic E-state index is 0.193. The van der Waals surface area contributed by atoms with Crippen LogP contribution in [-0.2, 0) is 4.74 Å². The van der Waals surface area contributed by atoms with Gasteiger partial charge in [-0.15, -0.1) is 0 Å². The number of carbonyl (C=O) groups is 1. The molecule has 0 spiro atoms. The van der Waals surface area contributed by atoms with Crippen molar-refractivity contribution in [2.24, 2.45) is 10.9 Å². The molecule has 1 saturated heterocycles. The van der Waals surface area contributed by atoms with Gasteiger partial charge in [-0.25, -0.2) is 4.79 Å². The Balaban J connectivity index is 2.21. The van der Waals surface area contributed by atoms with E-state index in [0.717, 1.165) is 51.4 Å². The highest BCUT2D eigenvalue weighted by Crippen LogP contribution is 2.19. The van der Waals surface area contributed by atoms with Gasteiger partial charge in [-0.2, -0.15) is 11.8 Å². The molecule has 1 amide bonds. The molecule has 1 rings (SSSR count). The number of nitrogens with one attached hydrogen (secondary N) is 2. The molecule has 1 aliphatic rings. The summed E-state index contributed by atoms with van der Waals surface area (Å²) in [6.07, 6.45) is 6.33. The molecule has 1 fully saturated rings. The number of hydrogen-bond donors (Lipinski definition) is 2. The van der Waals surface area contributed by atoms with Crippen molar-refractivity contribution in [2.75, 3.05) is 45.2 Å². The lowest BCUT2D eigenvalue weighted by atomic mass is 9.97. The minimum Gasteiger partial charge on any atom is -0.444 e. The summed E-state index contributed by atoms with van der Waals surface area (Å²) in [5, 5.41) is 6.78. The Morgan fingerprint density at radius 3 is 2.48 bits per heavy atom. The summed E-state index contributed by atoms with van der Waals surface area (Å²) in [4.78, 5) is 18.2. The van der Waals surface area contributed by atoms with Gasteiger partial charge in [0.15, 0.2) is 5.96 Å². The highest BCUT2D eigenvalue weighted by Gasteiger charge is 2.26. The molecule has 7 heteroatoms. The normalized spacial score (nSPS) is 16.7. The van der Waals surface area contributed by atoms with E-state index in [1.165, 1.54) is 12.2 Å². The van der Waals surface area contributed by atoms with Gasteiger partial charge in [-0.3, -0.25) is 4.99 Å². The Hall–Kier alpha value is -1.11. The number of rotatable bonds is 7. The molecule has 0 aliphatic carbocycles. The SMILES string of the molecule is CN=C(NCCCCSC)NCC1CCN(C(=O)OC(C)(C)C)CC1. The van der Waals surface area contributed by atoms with E-state index >= 15 is 0 Å². The van der Waals surface area contributed by atoms with Gasteiger partial charge in [0.2, 0.25) is 0 Å². The van der Waals surface area contributed by atoms with Crippen LogP contribution in [0.2, 0.25) is 0 Å². The Kier molecular flexibility index (Phi) is 10.1. The highest BCUT2D eigenvalue weighted by atomic mass is 32.2. The smallest absolute Gasteiger partial charge is 0.410 e. The predicted molar refractivity (Wildman–Crippen MR) is 108 cm³/mol. The van der Waals surface area contributed by atoms with Crippen molar-refractivity contribution in [1.82, 2.24) is 15.5 Å². The second kappa shape index (κ2) is 11.5. The average molecular weight is 373 g/mol. The molecule has 25 heavy (non-hydrogen) atoms. The zero-order valence-electron chi connectivity index (χ0n) is 16.6. The van der Waals surface area contributed by atoms with Crippen molar-refractivity contribution in [2.45, 2.75) is 52.1 Å². The van der Waals surface area contributed by atoms with Crippen LogP contribution in [0, 0.1) is 5.92 Å². The number of likely N-dealkylation sites (tertiary alicyclic amines) is 1. The third kappa shape index (κ3) is 9.82. The molecule has 0 aromatic carbocycles. The molecule has 2 N–H and O–H groups in total. The first-order chi connectivity index (χ1) is 11.9. The topological polar surface area (TPSA) is 66.0 Å². The lowest BCUT2D eigenvalue weighted by molar-refractivity contribution is 0.0185. The number of nitrogens with zero attached hydrogens (tertiary/aromatic N) is 2. The fourth-order valence-corrected chi connectivity index (χ4v) is 3.18. The maximum atomic E-state index is 12.1. The van der Waals surface area contributed by atoms with Crippen LogP contribution in [0.25, 0.3) is 0 Å². The number of carbonyl (C=O) groups excluding carboxylic acids is 1. The van der Waals surface area contributed by atoms with Gasteiger partial charge in [0.05, 0.1) is 0 Å². The van der Waals surface area contributed by atoms with Crippen LogP contribution in [0.1, 0.15) is 46.5 Å². The standard InChI is InChI=1S/C18H36N4O2S/c1-18(2,3)24-17(23)22-11-8-15(9-12-22)14-21-16(19-4)20-10-6-7-13-25-5/h15H,6-14H2,1-5H3,(H2,19,20,21). The zero-order valence-corrected chi connectivity index (χ0v) is 17.4. The Bertz CT molecular complexity index is 416. The second-order valence-corrected chi connectivity index (χ2v) is 8.48. The molecule has 0 saturated carbocycles. The maximum absolute atomic E-state index is 12.1. The Morgan fingerprint density at radius 1 is 1.24 bits per heavy atom. The van der Waals surface area contributed by atoms with Gasteiger partial charge in [0.1, 0.15) is 5.60 Å². The van der Waals surface area contributed by atoms with Crippen LogP contribution >= 0.6 is 11.8 Å². The van der Waals surface area contributed by atoms with Gasteiger partial charge < -0.3 is 20.3 Å². The molecule has 1 aliphatic heterocycles. The minimum atomic E-state index is -0.427. The third-order valence-electron chi connectivity index (χ3n) is 4.12. The van der Waals surface area contributed by atoms with Gasteiger partial charge in [-0.1, -0.05) is 0 Å². The number of ether oxygens (including phenoxy) is 1. The van der Waals surface area contributed by atoms with Gasteiger partial charge in [0.25, 0.3) is 0 Å². The molecular weight excluding hydrogens is 336 g/mol. The van der Waals surface area contributed by atoms with Crippen molar-refractivity contribution in [3.05, 3.63) is 0 Å². The first-order valence-electron chi connectivity index (χ1n) is 9.27. The second-order valence-electron chi connectivity index (χ2n) is 7.49. The van der Waals surface area contributed by atoms with E-state index in [2.05, 4.69) is 21.9 Å². The number of unbranched alkanes of at least 4 members (excludes halogenated alkanes) is 1.